The van der Waals surface area contributed by atoms with E-state index in [4.69, 9.17) is 9.79 Å². The van der Waals surface area contributed by atoms with E-state index in [1.165, 1.54) is 4.57 Å². The fourth-order valence-corrected chi connectivity index (χ4v) is 2.55. The Morgan fingerprint density at radius 3 is 2.40 bits per heavy atom. The number of aromatic nitrogens is 2. The van der Waals surface area contributed by atoms with E-state index >= 15 is 0 Å². The summed E-state index contributed by atoms with van der Waals surface area (Å²) in [6.45, 7) is 2.19. The van der Waals surface area contributed by atoms with Gasteiger partial charge in [0.2, 0.25) is 0 Å². The Balaban J connectivity index is 2.25. The highest BCUT2D eigenvalue weighted by atomic mass is 31.2. The molecule has 0 saturated heterocycles. The van der Waals surface area contributed by atoms with Crippen molar-refractivity contribution in [3.8, 4) is 0 Å². The van der Waals surface area contributed by atoms with Crippen LogP contribution in [0.2, 0.25) is 0 Å². The van der Waals surface area contributed by atoms with Gasteiger partial charge in [-0.1, -0.05) is 19.3 Å². The highest BCUT2D eigenvalue weighted by molar-refractivity contribution is 7.51. The maximum atomic E-state index is 11.5. The second-order valence-electron chi connectivity index (χ2n) is 4.92. The Hall–Kier alpha value is -1.17. The summed E-state index contributed by atoms with van der Waals surface area (Å²) in [5, 5.41) is 0. The number of rotatable bonds is 8. The van der Waals surface area contributed by atoms with Crippen LogP contribution in [-0.2, 0) is 11.1 Å². The Morgan fingerprint density at radius 1 is 1.15 bits per heavy atom. The number of hydrogen-bond donors (Lipinski definition) is 3. The number of aryl methyl sites for hydroxylation is 2. The monoisotopic (exact) mass is 304 g/mol. The number of H-pyrrole nitrogens is 1. The van der Waals surface area contributed by atoms with Gasteiger partial charge >= 0.3 is 13.3 Å². The summed E-state index contributed by atoms with van der Waals surface area (Å²) in [7, 11) is -3.87. The van der Waals surface area contributed by atoms with Crippen LogP contribution in [0.5, 0.6) is 0 Å². The molecule has 0 aliphatic carbocycles. The van der Waals surface area contributed by atoms with Crippen molar-refractivity contribution in [2.24, 2.45) is 0 Å². The predicted molar refractivity (Wildman–Crippen MR) is 76.1 cm³/mol. The molecule has 1 aromatic rings. The summed E-state index contributed by atoms with van der Waals surface area (Å²) in [4.78, 5) is 42.3. The van der Waals surface area contributed by atoms with E-state index in [1.54, 1.807) is 13.1 Å². The highest BCUT2D eigenvalue weighted by Gasteiger charge is 2.10. The maximum absolute atomic E-state index is 11.5. The first-order valence-corrected chi connectivity index (χ1v) is 8.44. The quantitative estimate of drug-likeness (QED) is 0.489. The molecule has 0 aliphatic rings. The third-order valence-corrected chi connectivity index (χ3v) is 3.94. The van der Waals surface area contributed by atoms with Gasteiger partial charge < -0.3 is 14.4 Å². The summed E-state index contributed by atoms with van der Waals surface area (Å²) in [6.07, 6.45) is 5.32. The van der Waals surface area contributed by atoms with Crippen LogP contribution in [0, 0.1) is 6.92 Å². The molecule has 0 radical (unpaired) electrons. The number of hydrogen-bond acceptors (Lipinski definition) is 3. The van der Waals surface area contributed by atoms with E-state index in [9.17, 15) is 14.2 Å². The summed E-state index contributed by atoms with van der Waals surface area (Å²) in [5.74, 6) is 0. The van der Waals surface area contributed by atoms with Crippen molar-refractivity contribution >= 4 is 7.60 Å². The molecule has 0 bridgehead atoms. The first-order valence-electron chi connectivity index (χ1n) is 6.64. The van der Waals surface area contributed by atoms with Crippen molar-refractivity contribution in [1.29, 1.82) is 0 Å². The zero-order chi connectivity index (χ0) is 15.2. The Morgan fingerprint density at radius 2 is 1.75 bits per heavy atom. The minimum absolute atomic E-state index is 0.0639. The van der Waals surface area contributed by atoms with Gasteiger partial charge in [0, 0.05) is 24.5 Å². The third-order valence-electron chi connectivity index (χ3n) is 3.04. The molecule has 114 valence electrons. The minimum atomic E-state index is -3.87. The molecule has 8 heteroatoms. The molecule has 0 aliphatic heterocycles. The van der Waals surface area contributed by atoms with Crippen LogP contribution < -0.4 is 11.2 Å². The van der Waals surface area contributed by atoms with E-state index < -0.39 is 13.3 Å². The third kappa shape index (κ3) is 6.32. The summed E-state index contributed by atoms with van der Waals surface area (Å²) >= 11 is 0. The Kier molecular flexibility index (Phi) is 6.39. The second kappa shape index (κ2) is 7.57. The van der Waals surface area contributed by atoms with E-state index in [-0.39, 0.29) is 11.7 Å². The lowest BCUT2D eigenvalue weighted by molar-refractivity contribution is 0.370. The molecule has 0 atom stereocenters. The van der Waals surface area contributed by atoms with Crippen molar-refractivity contribution in [3.63, 3.8) is 0 Å². The van der Waals surface area contributed by atoms with Crippen molar-refractivity contribution < 1.29 is 14.4 Å². The number of aromatic amines is 1. The van der Waals surface area contributed by atoms with Crippen LogP contribution in [0.15, 0.2) is 15.8 Å². The normalized spacial score (nSPS) is 11.8. The van der Waals surface area contributed by atoms with E-state index in [0.717, 1.165) is 25.7 Å². The Labute approximate surface area is 116 Å². The second-order valence-corrected chi connectivity index (χ2v) is 6.70. The summed E-state index contributed by atoms with van der Waals surface area (Å²) in [6, 6.07) is 0. The first-order chi connectivity index (χ1) is 9.29. The van der Waals surface area contributed by atoms with Crippen molar-refractivity contribution in [2.45, 2.75) is 45.6 Å². The van der Waals surface area contributed by atoms with Gasteiger partial charge in [0.1, 0.15) is 0 Å². The molecule has 0 unspecified atom stereocenters. The largest absolute Gasteiger partial charge is 0.328 e. The van der Waals surface area contributed by atoms with Gasteiger partial charge in [-0.15, -0.1) is 0 Å². The van der Waals surface area contributed by atoms with Crippen LogP contribution in [0.1, 0.15) is 37.7 Å². The average molecular weight is 304 g/mol. The highest BCUT2D eigenvalue weighted by Crippen LogP contribution is 2.35. The predicted octanol–water partition coefficient (Wildman–Crippen LogP) is 0.973. The standard InChI is InChI=1S/C12H21N2O5P/c1-10-9-14(12(16)13-11(10)15)7-5-3-2-4-6-8-20(17,18)19/h9H,2-8H2,1H3,(H,13,15,16)(H2,17,18,19). The number of nitrogens with one attached hydrogen (secondary N) is 1. The number of nitrogens with zero attached hydrogens (tertiary/aromatic N) is 1. The molecule has 0 aromatic carbocycles. The molecule has 1 heterocycles. The molecular weight excluding hydrogens is 283 g/mol. The van der Waals surface area contributed by atoms with Gasteiger partial charge in [0.15, 0.2) is 0 Å². The molecule has 0 fully saturated rings. The van der Waals surface area contributed by atoms with Gasteiger partial charge in [-0.2, -0.15) is 0 Å². The average Bonchev–Trinajstić information content (AvgIpc) is 2.32. The molecular formula is C12H21N2O5P. The molecule has 7 nitrogen and oxygen atoms in total. The van der Waals surface area contributed by atoms with Gasteiger partial charge in [0.25, 0.3) is 5.56 Å². The van der Waals surface area contributed by atoms with Gasteiger partial charge in [-0.05, 0) is 19.8 Å². The van der Waals surface area contributed by atoms with Gasteiger partial charge in [0.05, 0.1) is 0 Å². The van der Waals surface area contributed by atoms with E-state index in [1.807, 2.05) is 0 Å². The van der Waals surface area contributed by atoms with Gasteiger partial charge in [-0.3, -0.25) is 14.3 Å². The smallest absolute Gasteiger partial charge is 0.324 e. The van der Waals surface area contributed by atoms with E-state index in [0.29, 0.717) is 18.5 Å². The van der Waals surface area contributed by atoms with Crippen molar-refractivity contribution in [3.05, 3.63) is 32.6 Å². The first kappa shape index (κ1) is 16.9. The lowest BCUT2D eigenvalue weighted by Crippen LogP contribution is -2.30. The fourth-order valence-electron chi connectivity index (χ4n) is 1.91. The van der Waals surface area contributed by atoms with Crippen LogP contribution in [0.25, 0.3) is 0 Å². The lowest BCUT2D eigenvalue weighted by Gasteiger charge is -2.06. The lowest BCUT2D eigenvalue weighted by atomic mass is 10.1. The van der Waals surface area contributed by atoms with Gasteiger partial charge in [-0.25, -0.2) is 4.79 Å². The van der Waals surface area contributed by atoms with Crippen LogP contribution in [0.3, 0.4) is 0 Å². The molecule has 0 amide bonds. The Bertz CT molecular complexity index is 586. The van der Waals surface area contributed by atoms with E-state index in [2.05, 4.69) is 4.98 Å². The van der Waals surface area contributed by atoms with Crippen LogP contribution >= 0.6 is 7.60 Å². The fraction of sp³-hybridized carbons (Fsp3) is 0.667. The van der Waals surface area contributed by atoms with Crippen molar-refractivity contribution in [1.82, 2.24) is 9.55 Å². The molecule has 0 saturated carbocycles. The van der Waals surface area contributed by atoms with Crippen LogP contribution in [0.4, 0.5) is 0 Å². The summed E-state index contributed by atoms with van der Waals surface area (Å²) < 4.78 is 12.1. The molecule has 1 aromatic heterocycles. The summed E-state index contributed by atoms with van der Waals surface area (Å²) in [5.41, 5.74) is -0.253. The molecule has 20 heavy (non-hydrogen) atoms. The molecule has 0 spiro atoms. The zero-order valence-electron chi connectivity index (χ0n) is 11.5. The molecule has 3 N–H and O–H groups in total. The minimum Gasteiger partial charge on any atom is -0.324 e. The molecule has 1 rings (SSSR count). The van der Waals surface area contributed by atoms with Crippen molar-refractivity contribution in [2.75, 3.05) is 6.16 Å². The zero-order valence-corrected chi connectivity index (χ0v) is 12.4. The van der Waals surface area contributed by atoms with Crippen LogP contribution in [-0.4, -0.2) is 25.5 Å². The SMILES string of the molecule is Cc1cn(CCCCCCCP(=O)(O)O)c(=O)[nH]c1=O. The number of unbranched alkanes of at least 4 members (excludes halogenated alkanes) is 4. The maximum Gasteiger partial charge on any atom is 0.328 e. The topological polar surface area (TPSA) is 112 Å².